The van der Waals surface area contributed by atoms with Crippen molar-refractivity contribution in [2.75, 3.05) is 0 Å². The van der Waals surface area contributed by atoms with Gasteiger partial charge in [-0.1, -0.05) is 48.6 Å². The van der Waals surface area contributed by atoms with Crippen molar-refractivity contribution >= 4 is 0 Å². The van der Waals surface area contributed by atoms with Gasteiger partial charge in [-0.25, -0.2) is 0 Å². The summed E-state index contributed by atoms with van der Waals surface area (Å²) in [4.78, 5) is 0. The SMILES string of the molecule is C1=CCCC=C1.C1=CCCCCC=C1. The molecule has 76 valence electrons. The standard InChI is InChI=1S/C8H12.C6H8/c1-2-4-6-8-7-5-3-1;1-2-4-6-5-3-1/h1-4H,5-8H2;1-4H,5-6H2. The van der Waals surface area contributed by atoms with Gasteiger partial charge in [0.15, 0.2) is 0 Å². The summed E-state index contributed by atoms with van der Waals surface area (Å²) in [5.74, 6) is 0. The minimum Gasteiger partial charge on any atom is -0.0845 e. The molecule has 0 aromatic heterocycles. The van der Waals surface area contributed by atoms with Crippen LogP contribution in [0.3, 0.4) is 0 Å². The minimum absolute atomic E-state index is 1.23. The number of hydrogen-bond acceptors (Lipinski definition) is 0. The molecule has 0 unspecified atom stereocenters. The normalized spacial score (nSPS) is 19.4. The van der Waals surface area contributed by atoms with Crippen molar-refractivity contribution < 1.29 is 0 Å². The Bertz CT molecular complexity index is 202. The molecule has 0 aliphatic heterocycles. The van der Waals surface area contributed by atoms with E-state index in [9.17, 15) is 0 Å². The molecule has 0 spiro atoms. The van der Waals surface area contributed by atoms with Crippen molar-refractivity contribution in [1.82, 2.24) is 0 Å². The van der Waals surface area contributed by atoms with Crippen molar-refractivity contribution in [2.45, 2.75) is 38.5 Å². The third kappa shape index (κ3) is 6.47. The fraction of sp³-hybridized carbons (Fsp3) is 0.429. The fourth-order valence-electron chi connectivity index (χ4n) is 1.42. The van der Waals surface area contributed by atoms with E-state index in [2.05, 4.69) is 48.6 Å². The lowest BCUT2D eigenvalue weighted by Crippen LogP contribution is -1.74. The molecule has 0 aromatic carbocycles. The number of rotatable bonds is 0. The molecule has 0 heterocycles. The van der Waals surface area contributed by atoms with Crippen molar-refractivity contribution in [3.05, 3.63) is 48.6 Å². The quantitative estimate of drug-likeness (QED) is 0.522. The Morgan fingerprint density at radius 3 is 1.14 bits per heavy atom. The summed E-state index contributed by atoms with van der Waals surface area (Å²) in [6.45, 7) is 0. The summed E-state index contributed by atoms with van der Waals surface area (Å²) in [6, 6.07) is 0. The highest BCUT2D eigenvalue weighted by Gasteiger charge is 1.84. The summed E-state index contributed by atoms with van der Waals surface area (Å²) in [5, 5.41) is 0. The van der Waals surface area contributed by atoms with Crippen molar-refractivity contribution in [1.29, 1.82) is 0 Å². The average Bonchev–Trinajstić information content (AvgIpc) is 2.20. The average molecular weight is 188 g/mol. The zero-order valence-electron chi connectivity index (χ0n) is 8.86. The third-order valence-corrected chi connectivity index (χ3v) is 2.26. The van der Waals surface area contributed by atoms with Gasteiger partial charge in [-0.15, -0.1) is 0 Å². The van der Waals surface area contributed by atoms with E-state index in [1.54, 1.807) is 0 Å². The number of allylic oxidation sites excluding steroid dienone is 8. The second-order valence-corrected chi connectivity index (χ2v) is 3.57. The van der Waals surface area contributed by atoms with E-state index in [1.165, 1.54) is 38.5 Å². The first-order chi connectivity index (χ1) is 7.00. The van der Waals surface area contributed by atoms with E-state index in [-0.39, 0.29) is 0 Å². The molecule has 0 amide bonds. The van der Waals surface area contributed by atoms with E-state index in [0.29, 0.717) is 0 Å². The minimum atomic E-state index is 1.23. The molecule has 14 heavy (non-hydrogen) atoms. The summed E-state index contributed by atoms with van der Waals surface area (Å²) in [7, 11) is 0. The molecular formula is C14H20. The van der Waals surface area contributed by atoms with Crippen molar-refractivity contribution in [3.63, 3.8) is 0 Å². The van der Waals surface area contributed by atoms with E-state index >= 15 is 0 Å². The highest BCUT2D eigenvalue weighted by Crippen LogP contribution is 2.04. The first kappa shape index (κ1) is 11.0. The molecule has 0 nitrogen and oxygen atoms in total. The van der Waals surface area contributed by atoms with Gasteiger partial charge in [0.1, 0.15) is 0 Å². The Morgan fingerprint density at radius 1 is 0.429 bits per heavy atom. The molecular weight excluding hydrogens is 168 g/mol. The van der Waals surface area contributed by atoms with Gasteiger partial charge in [-0.05, 0) is 38.5 Å². The molecule has 0 radical (unpaired) electrons. The Labute approximate surface area is 87.7 Å². The summed E-state index contributed by atoms with van der Waals surface area (Å²) >= 11 is 0. The van der Waals surface area contributed by atoms with Crippen molar-refractivity contribution in [2.24, 2.45) is 0 Å². The van der Waals surface area contributed by atoms with Crippen molar-refractivity contribution in [3.8, 4) is 0 Å². The molecule has 0 N–H and O–H groups in total. The van der Waals surface area contributed by atoms with Crippen LogP contribution in [-0.4, -0.2) is 0 Å². The van der Waals surface area contributed by atoms with Crippen LogP contribution in [0.25, 0.3) is 0 Å². The lowest BCUT2D eigenvalue weighted by Gasteiger charge is -1.94. The second-order valence-electron chi connectivity index (χ2n) is 3.57. The molecule has 0 saturated carbocycles. The maximum Gasteiger partial charge on any atom is -0.0313 e. The fourth-order valence-corrected chi connectivity index (χ4v) is 1.42. The van der Waals surface area contributed by atoms with E-state index in [4.69, 9.17) is 0 Å². The smallest absolute Gasteiger partial charge is 0.0313 e. The summed E-state index contributed by atoms with van der Waals surface area (Å²) in [5.41, 5.74) is 0. The molecule has 0 aromatic rings. The zero-order valence-corrected chi connectivity index (χ0v) is 8.86. The largest absolute Gasteiger partial charge is 0.0845 e. The number of hydrogen-bond donors (Lipinski definition) is 0. The summed E-state index contributed by atoms with van der Waals surface area (Å²) in [6.07, 6.45) is 25.0. The predicted octanol–water partition coefficient (Wildman–Crippen LogP) is 4.57. The van der Waals surface area contributed by atoms with Gasteiger partial charge in [0.25, 0.3) is 0 Å². The molecule has 0 bridgehead atoms. The molecule has 0 atom stereocenters. The lowest BCUT2D eigenvalue weighted by atomic mass is 10.1. The first-order valence-corrected chi connectivity index (χ1v) is 5.63. The Kier molecular flexibility index (Phi) is 6.74. The van der Waals surface area contributed by atoms with Crippen LogP contribution in [0.1, 0.15) is 38.5 Å². The second kappa shape index (κ2) is 8.55. The van der Waals surface area contributed by atoms with E-state index < -0.39 is 0 Å². The van der Waals surface area contributed by atoms with Crippen LogP contribution in [0, 0.1) is 0 Å². The maximum absolute atomic E-state index is 2.23. The van der Waals surface area contributed by atoms with Crippen LogP contribution < -0.4 is 0 Å². The van der Waals surface area contributed by atoms with Gasteiger partial charge in [-0.3, -0.25) is 0 Å². The van der Waals surface area contributed by atoms with Gasteiger partial charge in [-0.2, -0.15) is 0 Å². The topological polar surface area (TPSA) is 0 Å². The van der Waals surface area contributed by atoms with Crippen LogP contribution in [-0.2, 0) is 0 Å². The van der Waals surface area contributed by atoms with Gasteiger partial charge in [0.2, 0.25) is 0 Å². The third-order valence-electron chi connectivity index (χ3n) is 2.26. The molecule has 0 heteroatoms. The molecule has 2 rings (SSSR count). The van der Waals surface area contributed by atoms with Crippen LogP contribution in [0.5, 0.6) is 0 Å². The zero-order chi connectivity index (χ0) is 9.90. The Hall–Kier alpha value is -1.04. The Balaban J connectivity index is 0.000000146. The van der Waals surface area contributed by atoms with Crippen LogP contribution in [0.4, 0.5) is 0 Å². The molecule has 2 aliphatic rings. The summed E-state index contributed by atoms with van der Waals surface area (Å²) < 4.78 is 0. The lowest BCUT2D eigenvalue weighted by molar-refractivity contribution is 0.758. The van der Waals surface area contributed by atoms with Crippen LogP contribution >= 0.6 is 0 Å². The monoisotopic (exact) mass is 188 g/mol. The predicted molar refractivity (Wildman–Crippen MR) is 64.3 cm³/mol. The van der Waals surface area contributed by atoms with Gasteiger partial charge in [0.05, 0.1) is 0 Å². The van der Waals surface area contributed by atoms with Gasteiger partial charge >= 0.3 is 0 Å². The molecule has 0 saturated heterocycles. The first-order valence-electron chi connectivity index (χ1n) is 5.63. The van der Waals surface area contributed by atoms with Gasteiger partial charge in [0, 0.05) is 0 Å². The molecule has 2 aliphatic carbocycles. The highest BCUT2D eigenvalue weighted by molar-refractivity contribution is 5.07. The highest BCUT2D eigenvalue weighted by atomic mass is 13.9. The van der Waals surface area contributed by atoms with Gasteiger partial charge < -0.3 is 0 Å². The van der Waals surface area contributed by atoms with Crippen LogP contribution in [0.15, 0.2) is 48.6 Å². The maximum atomic E-state index is 2.23. The molecule has 0 fully saturated rings. The Morgan fingerprint density at radius 2 is 0.786 bits per heavy atom. The van der Waals surface area contributed by atoms with E-state index in [0.717, 1.165) is 0 Å². The van der Waals surface area contributed by atoms with Crippen LogP contribution in [0.2, 0.25) is 0 Å². The van der Waals surface area contributed by atoms with E-state index in [1.807, 2.05) is 0 Å².